The molecule has 0 aromatic carbocycles. The molecule has 1 aliphatic heterocycles. The number of likely N-dealkylation sites (tertiary alicyclic amines) is 1. The van der Waals surface area contributed by atoms with Gasteiger partial charge >= 0.3 is 0 Å². The lowest BCUT2D eigenvalue weighted by atomic mass is 9.94. The standard InChI is InChI=1S/C11H14F2N4O/c1-16-6-14-9(15-16)10(18)17-4-7-2-3-8(5-17)11(7,12)13/h6-8H,2-5H2,1H3. The third kappa shape index (κ3) is 1.60. The molecular weight excluding hydrogens is 242 g/mol. The molecule has 2 unspecified atom stereocenters. The highest BCUT2D eigenvalue weighted by Crippen LogP contribution is 2.48. The number of alkyl halides is 2. The Kier molecular flexibility index (Phi) is 2.39. The first-order chi connectivity index (χ1) is 8.48. The van der Waals surface area contributed by atoms with Crippen LogP contribution in [0.2, 0.25) is 0 Å². The summed E-state index contributed by atoms with van der Waals surface area (Å²) in [4.78, 5) is 17.4. The van der Waals surface area contributed by atoms with E-state index in [4.69, 9.17) is 0 Å². The molecule has 1 saturated carbocycles. The first-order valence-corrected chi connectivity index (χ1v) is 6.01. The number of halogens is 2. The van der Waals surface area contributed by atoms with Crippen LogP contribution in [0, 0.1) is 11.8 Å². The van der Waals surface area contributed by atoms with Crippen molar-refractivity contribution in [3.8, 4) is 0 Å². The first-order valence-electron chi connectivity index (χ1n) is 6.01. The van der Waals surface area contributed by atoms with Crippen LogP contribution in [0.5, 0.6) is 0 Å². The summed E-state index contributed by atoms with van der Waals surface area (Å²) in [5.74, 6) is -4.29. The molecule has 0 radical (unpaired) electrons. The fourth-order valence-corrected chi connectivity index (χ4v) is 2.90. The van der Waals surface area contributed by atoms with Gasteiger partial charge in [-0.05, 0) is 12.8 Å². The molecule has 1 amide bonds. The fraction of sp³-hybridized carbons (Fsp3) is 0.727. The Morgan fingerprint density at radius 3 is 2.50 bits per heavy atom. The van der Waals surface area contributed by atoms with Gasteiger partial charge in [0.15, 0.2) is 0 Å². The number of nitrogens with zero attached hydrogens (tertiary/aromatic N) is 4. The molecule has 1 aliphatic carbocycles. The number of aromatic nitrogens is 3. The molecule has 2 atom stereocenters. The fourth-order valence-electron chi connectivity index (χ4n) is 2.90. The van der Waals surface area contributed by atoms with Crippen molar-refractivity contribution < 1.29 is 13.6 Å². The maximum Gasteiger partial charge on any atom is 0.293 e. The molecule has 1 aromatic heterocycles. The van der Waals surface area contributed by atoms with E-state index in [0.29, 0.717) is 12.8 Å². The zero-order chi connectivity index (χ0) is 12.9. The Bertz CT molecular complexity index is 471. The van der Waals surface area contributed by atoms with Gasteiger partial charge in [0.1, 0.15) is 6.33 Å². The molecule has 2 heterocycles. The third-order valence-electron chi connectivity index (χ3n) is 3.91. The molecule has 2 bridgehead atoms. The van der Waals surface area contributed by atoms with Crippen molar-refractivity contribution in [2.24, 2.45) is 18.9 Å². The minimum Gasteiger partial charge on any atom is -0.335 e. The Morgan fingerprint density at radius 2 is 2.00 bits per heavy atom. The van der Waals surface area contributed by atoms with Gasteiger partial charge < -0.3 is 4.90 Å². The van der Waals surface area contributed by atoms with Crippen molar-refractivity contribution in [3.05, 3.63) is 12.2 Å². The highest BCUT2D eigenvalue weighted by Gasteiger charge is 2.56. The van der Waals surface area contributed by atoms with Gasteiger partial charge in [-0.3, -0.25) is 9.48 Å². The number of rotatable bonds is 1. The van der Waals surface area contributed by atoms with Gasteiger partial charge in [-0.25, -0.2) is 13.8 Å². The molecular formula is C11H14F2N4O. The smallest absolute Gasteiger partial charge is 0.293 e. The van der Waals surface area contributed by atoms with Gasteiger partial charge in [-0.2, -0.15) is 0 Å². The minimum atomic E-state index is -2.62. The van der Waals surface area contributed by atoms with Gasteiger partial charge in [0.25, 0.3) is 11.8 Å². The number of aryl methyl sites for hydroxylation is 1. The van der Waals surface area contributed by atoms with E-state index >= 15 is 0 Å². The van der Waals surface area contributed by atoms with Crippen LogP contribution in [0.25, 0.3) is 0 Å². The van der Waals surface area contributed by atoms with Crippen LogP contribution in [-0.2, 0) is 7.05 Å². The third-order valence-corrected chi connectivity index (χ3v) is 3.91. The lowest BCUT2D eigenvalue weighted by Crippen LogP contribution is -2.51. The summed E-state index contributed by atoms with van der Waals surface area (Å²) in [5, 5.41) is 3.92. The van der Waals surface area contributed by atoms with E-state index in [0.717, 1.165) is 0 Å². The summed E-state index contributed by atoms with van der Waals surface area (Å²) in [7, 11) is 1.66. The predicted octanol–water partition coefficient (Wildman–Crippen LogP) is 0.932. The number of hydrogen-bond donors (Lipinski definition) is 0. The molecule has 1 aromatic rings. The summed E-state index contributed by atoms with van der Waals surface area (Å²) in [5.41, 5.74) is 0. The van der Waals surface area contributed by atoms with Crippen molar-refractivity contribution in [2.75, 3.05) is 13.1 Å². The SMILES string of the molecule is Cn1cnc(C(=O)N2CC3CCC(C2)C3(F)F)n1. The maximum atomic E-state index is 13.7. The van der Waals surface area contributed by atoms with Crippen molar-refractivity contribution in [1.82, 2.24) is 19.7 Å². The summed E-state index contributed by atoms with van der Waals surface area (Å²) < 4.78 is 28.9. The summed E-state index contributed by atoms with van der Waals surface area (Å²) in [6.45, 7) is 0.223. The minimum absolute atomic E-state index is 0.0853. The molecule has 3 rings (SSSR count). The second-order valence-electron chi connectivity index (χ2n) is 5.10. The predicted molar refractivity (Wildman–Crippen MR) is 58.1 cm³/mol. The molecule has 5 nitrogen and oxygen atoms in total. The summed E-state index contributed by atoms with van der Waals surface area (Å²) >= 11 is 0. The van der Waals surface area contributed by atoms with Gasteiger partial charge in [0, 0.05) is 32.0 Å². The van der Waals surface area contributed by atoms with Crippen LogP contribution in [0.4, 0.5) is 8.78 Å². The zero-order valence-corrected chi connectivity index (χ0v) is 10.0. The number of fused-ring (bicyclic) bond motifs is 2. The number of carbonyl (C=O) groups excluding carboxylic acids is 1. The lowest BCUT2D eigenvalue weighted by molar-refractivity contribution is -0.110. The van der Waals surface area contributed by atoms with Crippen LogP contribution in [0.1, 0.15) is 23.5 Å². The summed E-state index contributed by atoms with van der Waals surface area (Å²) in [6.07, 6.45) is 2.43. The van der Waals surface area contributed by atoms with Gasteiger partial charge in [0.2, 0.25) is 5.82 Å². The van der Waals surface area contributed by atoms with Crippen molar-refractivity contribution >= 4 is 5.91 Å². The van der Waals surface area contributed by atoms with E-state index in [-0.39, 0.29) is 24.8 Å². The van der Waals surface area contributed by atoms with E-state index in [9.17, 15) is 13.6 Å². The molecule has 7 heteroatoms. The Morgan fingerprint density at radius 1 is 1.39 bits per heavy atom. The molecule has 2 aliphatic rings. The zero-order valence-electron chi connectivity index (χ0n) is 10.0. The monoisotopic (exact) mass is 256 g/mol. The van der Waals surface area contributed by atoms with E-state index in [2.05, 4.69) is 10.1 Å². The van der Waals surface area contributed by atoms with Crippen molar-refractivity contribution in [3.63, 3.8) is 0 Å². The van der Waals surface area contributed by atoms with Crippen LogP contribution in [-0.4, -0.2) is 44.6 Å². The topological polar surface area (TPSA) is 51.0 Å². The van der Waals surface area contributed by atoms with Gasteiger partial charge in [-0.15, -0.1) is 5.10 Å². The molecule has 2 fully saturated rings. The molecule has 18 heavy (non-hydrogen) atoms. The number of hydrogen-bond acceptors (Lipinski definition) is 3. The molecule has 0 spiro atoms. The van der Waals surface area contributed by atoms with E-state index in [1.807, 2.05) is 0 Å². The highest BCUT2D eigenvalue weighted by molar-refractivity contribution is 5.90. The van der Waals surface area contributed by atoms with Crippen LogP contribution >= 0.6 is 0 Å². The maximum absolute atomic E-state index is 13.7. The number of piperidine rings is 1. The Balaban J connectivity index is 1.78. The van der Waals surface area contributed by atoms with Crippen LogP contribution in [0.15, 0.2) is 6.33 Å². The number of carbonyl (C=O) groups is 1. The molecule has 0 N–H and O–H groups in total. The Hall–Kier alpha value is -1.53. The van der Waals surface area contributed by atoms with Gasteiger partial charge in [-0.1, -0.05) is 0 Å². The lowest BCUT2D eigenvalue weighted by Gasteiger charge is -2.37. The normalized spacial score (nSPS) is 29.6. The first kappa shape index (κ1) is 11.6. The van der Waals surface area contributed by atoms with Gasteiger partial charge in [0.05, 0.1) is 0 Å². The van der Waals surface area contributed by atoms with E-state index in [1.54, 1.807) is 7.05 Å². The second kappa shape index (κ2) is 3.73. The van der Waals surface area contributed by atoms with Crippen molar-refractivity contribution in [2.45, 2.75) is 18.8 Å². The Labute approximate surface area is 103 Å². The summed E-state index contributed by atoms with van der Waals surface area (Å²) in [6, 6.07) is 0. The quantitative estimate of drug-likeness (QED) is 0.751. The van der Waals surface area contributed by atoms with Crippen LogP contribution in [0.3, 0.4) is 0 Å². The molecule has 98 valence electrons. The number of amides is 1. The van der Waals surface area contributed by atoms with Crippen LogP contribution < -0.4 is 0 Å². The largest absolute Gasteiger partial charge is 0.335 e. The highest BCUT2D eigenvalue weighted by atomic mass is 19.3. The average molecular weight is 256 g/mol. The van der Waals surface area contributed by atoms with E-state index < -0.39 is 17.8 Å². The average Bonchev–Trinajstić information content (AvgIpc) is 2.75. The molecule has 1 saturated heterocycles. The van der Waals surface area contributed by atoms with Crippen molar-refractivity contribution in [1.29, 1.82) is 0 Å². The second-order valence-corrected chi connectivity index (χ2v) is 5.10. The van der Waals surface area contributed by atoms with E-state index in [1.165, 1.54) is 15.9 Å².